The molecule has 8 aromatic carbocycles. The smallest absolute Gasteiger partial charge is 0.0601 e. The molecule has 0 bridgehead atoms. The molecule has 2 aliphatic heterocycles. The zero-order valence-electron chi connectivity index (χ0n) is 43.9. The molecule has 0 saturated heterocycles. The Labute approximate surface area is 412 Å². The van der Waals surface area contributed by atoms with Crippen molar-refractivity contribution >= 4 is 46.4 Å². The van der Waals surface area contributed by atoms with Gasteiger partial charge in [-0.2, -0.15) is 0 Å². The average molecular weight is 1050 g/mol. The van der Waals surface area contributed by atoms with Gasteiger partial charge in [-0.1, -0.05) is 54.5 Å². The van der Waals surface area contributed by atoms with Crippen LogP contribution < -0.4 is 19.8 Å². The van der Waals surface area contributed by atoms with Crippen LogP contribution in [0, 0.1) is 10.7 Å². The van der Waals surface area contributed by atoms with E-state index in [1.165, 1.54) is 5.56 Å². The normalized spacial score (nSPS) is 14.5. The third kappa shape index (κ3) is 6.83. The second kappa shape index (κ2) is 16.1. The van der Waals surface area contributed by atoms with Crippen molar-refractivity contribution in [3.05, 3.63) is 221 Å². The fourth-order valence-electron chi connectivity index (χ4n) is 9.68. The Morgan fingerprint density at radius 1 is 0.582 bits per heavy atom. The van der Waals surface area contributed by atoms with E-state index in [9.17, 15) is 1.37 Å². The molecule has 0 fully saturated rings. The van der Waals surface area contributed by atoms with Crippen molar-refractivity contribution in [1.29, 1.82) is 0 Å². The second-order valence-corrected chi connectivity index (χ2v) is 18.8. The molecule has 2 aliphatic rings. The van der Waals surface area contributed by atoms with E-state index in [0.29, 0.717) is 28.3 Å². The van der Waals surface area contributed by atoms with Gasteiger partial charge in [-0.3, -0.25) is 0 Å². The van der Waals surface area contributed by atoms with Gasteiger partial charge < -0.3 is 0 Å². The predicted molar refractivity (Wildman–Crippen MR) is 272 cm³/mol. The molecule has 0 radical (unpaired) electrons. The van der Waals surface area contributed by atoms with Crippen molar-refractivity contribution < 1.29 is 33.7 Å². The van der Waals surface area contributed by atoms with Gasteiger partial charge in [0.25, 0.3) is 0 Å². The number of rotatable bonds is 7. The number of pyridine rings is 1. The Morgan fingerprint density at radius 2 is 1.22 bits per heavy atom. The van der Waals surface area contributed by atoms with Crippen LogP contribution in [-0.2, 0) is 24.8 Å². The number of nitrogens with zero attached hydrogens (tertiary/aromatic N) is 5. The number of ether oxygens (including phenoxy) is 1. The summed E-state index contributed by atoms with van der Waals surface area (Å²) in [6, 6.07) is 59.1. The van der Waals surface area contributed by atoms with Crippen LogP contribution >= 0.6 is 0 Å². The van der Waals surface area contributed by atoms with Crippen LogP contribution in [0.25, 0.3) is 55.8 Å². The molecule has 326 valence electrons. The van der Waals surface area contributed by atoms with Gasteiger partial charge in [0, 0.05) is 11.3 Å². The Hall–Kier alpha value is -7.47. The first-order chi connectivity index (χ1) is 35.6. The summed E-state index contributed by atoms with van der Waals surface area (Å²) in [7, 11) is 0. The van der Waals surface area contributed by atoms with Gasteiger partial charge in [0.1, 0.15) is 0 Å². The molecule has 10 aromatic rings. The average Bonchev–Trinajstić information content (AvgIpc) is 3.93. The molecule has 12 rings (SSSR count). The van der Waals surface area contributed by atoms with Crippen molar-refractivity contribution in [2.75, 3.05) is 9.62 Å². The minimum absolute atomic E-state index is 0.0108. The standard InChI is InChI=1S/C59H46BN5O.Pt/c1-40-32-37-44(62-39-63(52-27-13-12-26-51(52)62)58-45(41-18-6-5-7-19-41)22-16-23-46(58)42-33-35-43(36-34-42)59(2,3)4)38-55(40)66-57-31-17-30-56(61-57)65-54-29-15-14-28-53(54)64-50-25-11-9-21-48(50)47-20-8-10-24-49(47)60(64)65;/h5-38H,1-4H3;/i1D3,9D,11D,21D,25D;. The van der Waals surface area contributed by atoms with Crippen molar-refractivity contribution in [3.8, 4) is 56.4 Å². The zero-order valence-corrected chi connectivity index (χ0v) is 39.1. The molecule has 6 nitrogen and oxygen atoms in total. The number of fused-ring (bicyclic) bond motifs is 9. The molecule has 0 unspecified atom stereocenters. The summed E-state index contributed by atoms with van der Waals surface area (Å²) in [5, 5.41) is 0. The quantitative estimate of drug-likeness (QED) is 0.149. The van der Waals surface area contributed by atoms with E-state index in [2.05, 4.69) is 128 Å². The third-order valence-corrected chi connectivity index (χ3v) is 13.8. The predicted octanol–water partition coefficient (Wildman–Crippen LogP) is 14.3. The van der Waals surface area contributed by atoms with Gasteiger partial charge in [0.05, 0.1) is 5.48 Å². The summed E-state index contributed by atoms with van der Waals surface area (Å²) < 4.78 is 73.7. The van der Waals surface area contributed by atoms with E-state index in [0.717, 1.165) is 59.6 Å². The zero-order chi connectivity index (χ0) is 51.4. The molecule has 2 aromatic heterocycles. The first kappa shape index (κ1) is 33.9. The number of anilines is 4. The van der Waals surface area contributed by atoms with Crippen LogP contribution in [0.5, 0.6) is 11.6 Å². The number of hydrogen-bond donors (Lipinski definition) is 0. The summed E-state index contributed by atoms with van der Waals surface area (Å²) in [5.41, 5.74) is 12.9. The molecule has 8 heteroatoms. The van der Waals surface area contributed by atoms with Crippen LogP contribution in [0.4, 0.5) is 22.9 Å². The van der Waals surface area contributed by atoms with Gasteiger partial charge in [0.2, 0.25) is 0 Å². The van der Waals surface area contributed by atoms with Crippen molar-refractivity contribution in [3.63, 3.8) is 0 Å². The number of imidazole rings is 1. The van der Waals surface area contributed by atoms with Gasteiger partial charge in [-0.05, 0) is 17.7 Å². The van der Waals surface area contributed by atoms with E-state index in [-0.39, 0.29) is 46.8 Å². The number of aromatic nitrogens is 3. The third-order valence-electron chi connectivity index (χ3n) is 12.8. The van der Waals surface area contributed by atoms with Crippen LogP contribution in [0.15, 0.2) is 206 Å². The molecule has 0 aliphatic carbocycles. The molecule has 0 spiro atoms. The van der Waals surface area contributed by atoms with Crippen molar-refractivity contribution in [2.24, 2.45) is 0 Å². The maximum atomic E-state index is 9.20. The van der Waals surface area contributed by atoms with Gasteiger partial charge in [-0.15, -0.1) is 0 Å². The van der Waals surface area contributed by atoms with E-state index >= 15 is 0 Å². The fourth-order valence-corrected chi connectivity index (χ4v) is 10.8. The number of hydrogen-bond acceptors (Lipinski definition) is 4. The first-order valence-corrected chi connectivity index (χ1v) is 23.4. The number of aryl methyl sites for hydroxylation is 1. The summed E-state index contributed by atoms with van der Waals surface area (Å²) in [4.78, 5) is 9.11. The Kier molecular flexibility index (Phi) is 8.18. The van der Waals surface area contributed by atoms with E-state index in [4.69, 9.17) is 17.9 Å². The Balaban J connectivity index is 0.996. The SMILES string of the molecule is [2H]c1c([2H])c([2H])c2c(c1[2H])-c1ccccc1B1N(c3cccc(Oc4cc(-n5[c](=[Pt])n(-c6c(-c7ccccc7)cccc6-c6ccc(C(C)(C)C)cc6)c6ccccc65)ccc4C([2H])([2H])[2H])n3)c3ccccc3N12. The summed E-state index contributed by atoms with van der Waals surface area (Å²) in [6.07, 6.45) is 0. The summed E-state index contributed by atoms with van der Waals surface area (Å²) in [5.74, 6) is 0.767. The van der Waals surface area contributed by atoms with Gasteiger partial charge >= 0.3 is 325 Å². The van der Waals surface area contributed by atoms with Crippen LogP contribution in [0.3, 0.4) is 0 Å². The summed E-state index contributed by atoms with van der Waals surface area (Å²) >= 11 is 2.38. The minimum Gasteiger partial charge on any atom is -0.0601 e. The fraction of sp³-hybridized carbons (Fsp3) is 0.0847. The van der Waals surface area contributed by atoms with Crippen LogP contribution in [-0.4, -0.2) is 21.1 Å². The van der Waals surface area contributed by atoms with Crippen LogP contribution in [0.2, 0.25) is 0 Å². The van der Waals surface area contributed by atoms with Gasteiger partial charge in [-0.25, -0.2) is 0 Å². The molecular formula is C59H46BN5OPt. The molecule has 0 saturated carbocycles. The van der Waals surface area contributed by atoms with E-state index in [1.807, 2.05) is 94.6 Å². The Bertz CT molecular complexity index is 3970. The minimum atomic E-state index is -2.54. The molecule has 0 atom stereocenters. The second-order valence-electron chi connectivity index (χ2n) is 17.8. The number of para-hydroxylation sites is 6. The van der Waals surface area contributed by atoms with Crippen molar-refractivity contribution in [2.45, 2.75) is 33.0 Å². The molecule has 0 amide bonds. The maximum absolute atomic E-state index is 9.20. The molecular weight excluding hydrogens is 1000 g/mol. The monoisotopic (exact) mass is 1050 g/mol. The van der Waals surface area contributed by atoms with Crippen LogP contribution in [0.1, 0.15) is 41.5 Å². The Morgan fingerprint density at radius 3 is 1.99 bits per heavy atom. The molecule has 0 N–H and O–H groups in total. The van der Waals surface area contributed by atoms with Gasteiger partial charge in [0.15, 0.2) is 0 Å². The van der Waals surface area contributed by atoms with E-state index in [1.54, 1.807) is 18.2 Å². The summed E-state index contributed by atoms with van der Waals surface area (Å²) in [6.45, 7) is 3.52. The number of benzene rings is 8. The first-order valence-electron chi connectivity index (χ1n) is 25.7. The molecule has 4 heterocycles. The van der Waals surface area contributed by atoms with E-state index < -0.39 is 13.8 Å². The topological polar surface area (TPSA) is 38.5 Å². The molecule has 67 heavy (non-hydrogen) atoms. The van der Waals surface area contributed by atoms with Crippen molar-refractivity contribution in [1.82, 2.24) is 14.1 Å².